The number of alkyl halides is 1. The van der Waals surface area contributed by atoms with E-state index in [1.54, 1.807) is 30.3 Å². The lowest BCUT2D eigenvalue weighted by molar-refractivity contribution is -0.190. The highest BCUT2D eigenvalue weighted by molar-refractivity contribution is 7.99. The SMILES string of the molecule is CCCCCSc1nc(Cl)nc2c1ncn2[C@@H]1O[C@H](COC(Cc2ccccc2)(C(=O)O)C(=O)O)[C@@H](O)[C@@H]1F. The molecule has 0 aliphatic carbocycles. The number of halogens is 2. The quantitative estimate of drug-likeness (QED) is 0.0890. The van der Waals surface area contributed by atoms with E-state index in [4.69, 9.17) is 21.1 Å². The molecule has 1 saturated heterocycles. The van der Waals surface area contributed by atoms with Crippen LogP contribution < -0.4 is 0 Å². The maximum atomic E-state index is 15.3. The van der Waals surface area contributed by atoms with E-state index in [0.29, 0.717) is 16.1 Å². The first-order valence-corrected chi connectivity index (χ1v) is 13.7. The molecule has 0 amide bonds. The Bertz CT molecular complexity index is 1300. The van der Waals surface area contributed by atoms with Gasteiger partial charge in [-0.25, -0.2) is 23.9 Å². The Balaban J connectivity index is 1.54. The fourth-order valence-electron chi connectivity index (χ4n) is 4.26. The predicted molar refractivity (Wildman–Crippen MR) is 139 cm³/mol. The molecule has 4 atom stereocenters. The number of aliphatic carboxylic acids is 2. The monoisotopic (exact) mass is 582 g/mol. The maximum absolute atomic E-state index is 15.3. The summed E-state index contributed by atoms with van der Waals surface area (Å²) in [5.74, 6) is -2.70. The zero-order chi connectivity index (χ0) is 28.2. The molecule has 3 aromatic rings. The number of rotatable bonds is 13. The van der Waals surface area contributed by atoms with Gasteiger partial charge in [-0.15, -0.1) is 11.8 Å². The first-order valence-electron chi connectivity index (χ1n) is 12.3. The summed E-state index contributed by atoms with van der Waals surface area (Å²) >= 11 is 7.58. The molecule has 0 spiro atoms. The van der Waals surface area contributed by atoms with E-state index in [0.717, 1.165) is 25.0 Å². The minimum atomic E-state index is -2.68. The van der Waals surface area contributed by atoms with Gasteiger partial charge in [-0.05, 0) is 29.3 Å². The number of hydrogen-bond acceptors (Lipinski definition) is 9. The molecule has 0 unspecified atom stereocenters. The van der Waals surface area contributed by atoms with Gasteiger partial charge in [0, 0.05) is 6.42 Å². The summed E-state index contributed by atoms with van der Waals surface area (Å²) in [7, 11) is 0. The van der Waals surface area contributed by atoms with Crippen molar-refractivity contribution >= 4 is 46.5 Å². The molecule has 2 aromatic heterocycles. The van der Waals surface area contributed by atoms with Crippen LogP contribution in [0.5, 0.6) is 0 Å². The summed E-state index contributed by atoms with van der Waals surface area (Å²) in [6, 6.07) is 8.08. The Morgan fingerprint density at radius 1 is 1.21 bits per heavy atom. The van der Waals surface area contributed by atoms with Crippen LogP contribution in [0.2, 0.25) is 5.28 Å². The van der Waals surface area contributed by atoms with E-state index in [-0.39, 0.29) is 10.9 Å². The lowest BCUT2D eigenvalue weighted by atomic mass is 9.94. The highest BCUT2D eigenvalue weighted by Crippen LogP contribution is 2.36. The van der Waals surface area contributed by atoms with Gasteiger partial charge >= 0.3 is 11.9 Å². The third-order valence-electron chi connectivity index (χ3n) is 6.40. The Morgan fingerprint density at radius 3 is 2.59 bits per heavy atom. The Hall–Kier alpha value is -2.84. The highest BCUT2D eigenvalue weighted by atomic mass is 35.5. The molecule has 0 bridgehead atoms. The van der Waals surface area contributed by atoms with Gasteiger partial charge in [0.2, 0.25) is 5.28 Å². The van der Waals surface area contributed by atoms with Crippen LogP contribution in [-0.4, -0.2) is 83.1 Å². The number of fused-ring (bicyclic) bond motifs is 1. The molecule has 39 heavy (non-hydrogen) atoms. The van der Waals surface area contributed by atoms with Gasteiger partial charge < -0.3 is 24.8 Å². The summed E-state index contributed by atoms with van der Waals surface area (Å²) in [6.45, 7) is 1.39. The van der Waals surface area contributed by atoms with Crippen LogP contribution >= 0.6 is 23.4 Å². The average Bonchev–Trinajstić information content (AvgIpc) is 3.45. The second-order valence-corrected chi connectivity index (χ2v) is 10.5. The Kier molecular flexibility index (Phi) is 9.39. The topological polar surface area (TPSA) is 157 Å². The summed E-state index contributed by atoms with van der Waals surface area (Å²) < 4.78 is 27.7. The smallest absolute Gasteiger partial charge is 0.348 e. The van der Waals surface area contributed by atoms with E-state index < -0.39 is 55.2 Å². The number of thioether (sulfide) groups is 1. The molecule has 1 aromatic carbocycles. The summed E-state index contributed by atoms with van der Waals surface area (Å²) in [5.41, 5.74) is -1.68. The Morgan fingerprint density at radius 2 is 1.92 bits per heavy atom. The van der Waals surface area contributed by atoms with Crippen molar-refractivity contribution in [3.8, 4) is 0 Å². The average molecular weight is 583 g/mol. The van der Waals surface area contributed by atoms with Crippen molar-refractivity contribution in [3.05, 3.63) is 47.5 Å². The Labute approximate surface area is 232 Å². The standard InChI is InChI=1S/C25H28ClFN4O7S/c1-2-3-7-10-39-20-17-19(29-24(26)30-20)31(13-28-17)21-16(27)18(32)15(38-21)12-37-25(22(33)34,23(35)36)11-14-8-5-4-6-9-14/h4-6,8-9,13,15-16,18,21,32H,2-3,7,10-12H2,1H3,(H,33,34)(H,35,36)/t15-,16+,18-,21-/m1/s1. The molecule has 1 aliphatic heterocycles. The number of aliphatic hydroxyl groups is 1. The zero-order valence-electron chi connectivity index (χ0n) is 20.9. The van der Waals surface area contributed by atoms with Crippen LogP contribution in [0.3, 0.4) is 0 Å². The molecule has 3 heterocycles. The number of unbranched alkanes of at least 4 members (excludes halogenated alkanes) is 2. The van der Waals surface area contributed by atoms with Gasteiger partial charge in [0.25, 0.3) is 5.60 Å². The van der Waals surface area contributed by atoms with Gasteiger partial charge in [0.1, 0.15) is 22.8 Å². The third-order valence-corrected chi connectivity index (χ3v) is 7.62. The number of imidazole rings is 1. The minimum Gasteiger partial charge on any atom is -0.479 e. The fraction of sp³-hybridized carbons (Fsp3) is 0.480. The first kappa shape index (κ1) is 29.2. The molecule has 0 radical (unpaired) electrons. The summed E-state index contributed by atoms with van der Waals surface area (Å²) in [6.07, 6.45) is -2.62. The molecule has 0 saturated carbocycles. The molecular formula is C25H28ClFN4O7S. The lowest BCUT2D eigenvalue weighted by Crippen LogP contribution is -2.52. The number of aromatic nitrogens is 4. The van der Waals surface area contributed by atoms with Gasteiger partial charge in [-0.3, -0.25) is 4.57 Å². The number of carboxylic acid groups (broad SMARTS) is 2. The highest BCUT2D eigenvalue weighted by Gasteiger charge is 2.52. The minimum absolute atomic E-state index is 0.0651. The van der Waals surface area contributed by atoms with Gasteiger partial charge in [0.15, 0.2) is 18.0 Å². The molecule has 14 heteroatoms. The number of ether oxygens (including phenoxy) is 2. The van der Waals surface area contributed by atoms with Crippen molar-refractivity contribution in [3.63, 3.8) is 0 Å². The number of benzene rings is 1. The van der Waals surface area contributed by atoms with Crippen LogP contribution in [0.25, 0.3) is 11.2 Å². The first-order chi connectivity index (χ1) is 18.7. The molecular weight excluding hydrogens is 555 g/mol. The van der Waals surface area contributed by atoms with Crippen LogP contribution in [0.4, 0.5) is 4.39 Å². The van der Waals surface area contributed by atoms with Crippen LogP contribution in [0, 0.1) is 0 Å². The fourth-order valence-corrected chi connectivity index (χ4v) is 5.45. The second kappa shape index (κ2) is 12.6. The van der Waals surface area contributed by atoms with Crippen molar-refractivity contribution in [1.82, 2.24) is 19.5 Å². The van der Waals surface area contributed by atoms with Gasteiger partial charge in [-0.2, -0.15) is 4.98 Å². The molecule has 1 fully saturated rings. The zero-order valence-corrected chi connectivity index (χ0v) is 22.5. The van der Waals surface area contributed by atoms with Crippen LogP contribution in [0.1, 0.15) is 38.0 Å². The van der Waals surface area contributed by atoms with E-state index in [9.17, 15) is 24.9 Å². The molecule has 1 aliphatic rings. The van der Waals surface area contributed by atoms with Gasteiger partial charge in [0.05, 0.1) is 12.9 Å². The van der Waals surface area contributed by atoms with E-state index in [2.05, 4.69) is 21.9 Å². The van der Waals surface area contributed by atoms with Crippen molar-refractivity contribution in [2.75, 3.05) is 12.4 Å². The molecule has 11 nitrogen and oxygen atoms in total. The van der Waals surface area contributed by atoms with E-state index >= 15 is 4.39 Å². The largest absolute Gasteiger partial charge is 0.479 e. The maximum Gasteiger partial charge on any atom is 0.348 e. The van der Waals surface area contributed by atoms with Crippen molar-refractivity contribution in [2.45, 2.75) is 67.8 Å². The third kappa shape index (κ3) is 6.17. The second-order valence-electron chi connectivity index (χ2n) is 9.09. The summed E-state index contributed by atoms with van der Waals surface area (Å²) in [4.78, 5) is 36.9. The molecule has 3 N–H and O–H groups in total. The van der Waals surface area contributed by atoms with Crippen molar-refractivity contribution in [1.29, 1.82) is 0 Å². The van der Waals surface area contributed by atoms with Gasteiger partial charge in [-0.1, -0.05) is 50.1 Å². The van der Waals surface area contributed by atoms with Crippen molar-refractivity contribution in [2.24, 2.45) is 0 Å². The summed E-state index contributed by atoms with van der Waals surface area (Å²) in [5, 5.41) is 30.6. The molecule has 210 valence electrons. The number of hydrogen-bond donors (Lipinski definition) is 3. The van der Waals surface area contributed by atoms with E-state index in [1.165, 1.54) is 22.7 Å². The lowest BCUT2D eigenvalue weighted by Gasteiger charge is -2.27. The molecule has 4 rings (SSSR count). The number of carbonyl (C=O) groups is 2. The van der Waals surface area contributed by atoms with Crippen LogP contribution in [-0.2, 0) is 25.5 Å². The van der Waals surface area contributed by atoms with E-state index in [1.807, 2.05) is 0 Å². The number of aliphatic hydroxyl groups excluding tert-OH is 1. The van der Waals surface area contributed by atoms with Crippen molar-refractivity contribution < 1.29 is 38.8 Å². The normalized spacial score (nSPS) is 21.4. The predicted octanol–water partition coefficient (Wildman–Crippen LogP) is 3.53. The van der Waals surface area contributed by atoms with Crippen LogP contribution in [0.15, 0.2) is 41.7 Å². The number of nitrogens with zero attached hydrogens (tertiary/aromatic N) is 4. The number of carboxylic acids is 2.